The molecular weight excluding hydrogens is 536 g/mol. The van der Waals surface area contributed by atoms with Crippen molar-refractivity contribution in [3.8, 4) is 5.75 Å². The van der Waals surface area contributed by atoms with Crippen LogP contribution in [0.2, 0.25) is 0 Å². The van der Waals surface area contributed by atoms with Crippen molar-refractivity contribution in [1.29, 1.82) is 0 Å². The molecule has 0 spiro atoms. The van der Waals surface area contributed by atoms with Gasteiger partial charge < -0.3 is 34.8 Å². The number of hydrogen-bond acceptors (Lipinski definition) is 10. The molecule has 0 aliphatic carbocycles. The summed E-state index contributed by atoms with van der Waals surface area (Å²) >= 11 is 0. The van der Waals surface area contributed by atoms with E-state index in [1.807, 2.05) is 24.4 Å². The second kappa shape index (κ2) is 15.3. The van der Waals surface area contributed by atoms with E-state index in [9.17, 15) is 14.4 Å². The summed E-state index contributed by atoms with van der Waals surface area (Å²) in [7, 11) is 1.70. The van der Waals surface area contributed by atoms with Crippen molar-refractivity contribution < 1.29 is 44.3 Å². The zero-order valence-corrected chi connectivity index (χ0v) is 23.1. The van der Waals surface area contributed by atoms with Crippen LogP contribution in [-0.4, -0.2) is 98.3 Å². The standard InChI is InChI=1S/C22H30N4O2.C6H8O7/c1-27-20-8-6-18(7-9-20)15-25(17-21-5-4-14-28-21)16-19-10-11-23-22(24-19)26-12-2-3-13-26;7-3(8)1-6(13,5(11)12)2-4(9)10/h6-11,21H,2-5,12-17H2,1H3;13H,1-2H2,(H,7,8)(H,9,10)(H,11,12). The molecule has 1 atom stereocenters. The number of benzene rings is 1. The van der Waals surface area contributed by atoms with E-state index in [0.29, 0.717) is 6.10 Å². The molecule has 0 saturated carbocycles. The van der Waals surface area contributed by atoms with Gasteiger partial charge in [0.15, 0.2) is 5.60 Å². The zero-order valence-electron chi connectivity index (χ0n) is 23.1. The maximum Gasteiger partial charge on any atom is 0.336 e. The molecule has 2 aromatic rings. The van der Waals surface area contributed by atoms with Crippen molar-refractivity contribution in [3.63, 3.8) is 0 Å². The maximum absolute atomic E-state index is 10.3. The van der Waals surface area contributed by atoms with Gasteiger partial charge in [0.05, 0.1) is 31.7 Å². The van der Waals surface area contributed by atoms with Gasteiger partial charge in [-0.1, -0.05) is 12.1 Å². The summed E-state index contributed by atoms with van der Waals surface area (Å²) in [4.78, 5) is 44.6. The van der Waals surface area contributed by atoms with E-state index in [0.717, 1.165) is 69.6 Å². The fourth-order valence-corrected chi connectivity index (χ4v) is 4.74. The lowest BCUT2D eigenvalue weighted by Gasteiger charge is -2.25. The number of carbonyl (C=O) groups is 3. The third-order valence-corrected chi connectivity index (χ3v) is 6.81. The molecule has 1 unspecified atom stereocenters. The van der Waals surface area contributed by atoms with Gasteiger partial charge in [-0.25, -0.2) is 14.8 Å². The number of hydrogen-bond donors (Lipinski definition) is 4. The van der Waals surface area contributed by atoms with Crippen LogP contribution < -0.4 is 9.64 Å². The predicted octanol–water partition coefficient (Wildman–Crippen LogP) is 2.02. The lowest BCUT2D eigenvalue weighted by Crippen LogP contribution is -2.42. The van der Waals surface area contributed by atoms with Crippen LogP contribution in [0.3, 0.4) is 0 Å². The van der Waals surface area contributed by atoms with Crippen LogP contribution in [0.4, 0.5) is 5.95 Å². The molecule has 2 aliphatic rings. The fourth-order valence-electron chi connectivity index (χ4n) is 4.74. The molecule has 2 aliphatic heterocycles. The highest BCUT2D eigenvalue weighted by Crippen LogP contribution is 2.20. The Bertz CT molecular complexity index is 1130. The molecule has 2 saturated heterocycles. The number of carboxylic acids is 3. The van der Waals surface area contributed by atoms with E-state index in [4.69, 9.17) is 34.9 Å². The van der Waals surface area contributed by atoms with Gasteiger partial charge in [0.25, 0.3) is 0 Å². The summed E-state index contributed by atoms with van der Waals surface area (Å²) in [6.45, 7) is 5.61. The minimum Gasteiger partial charge on any atom is -0.497 e. The Balaban J connectivity index is 0.000000302. The molecule has 13 heteroatoms. The van der Waals surface area contributed by atoms with Gasteiger partial charge in [0.1, 0.15) is 5.75 Å². The summed E-state index contributed by atoms with van der Waals surface area (Å²) in [6, 6.07) is 10.4. The van der Waals surface area contributed by atoms with Crippen LogP contribution >= 0.6 is 0 Å². The normalized spacial score (nSPS) is 16.8. The van der Waals surface area contributed by atoms with Gasteiger partial charge in [-0.15, -0.1) is 0 Å². The third-order valence-electron chi connectivity index (χ3n) is 6.81. The van der Waals surface area contributed by atoms with Gasteiger partial charge in [-0.2, -0.15) is 0 Å². The number of anilines is 1. The Hall–Kier alpha value is -3.81. The Kier molecular flexibility index (Phi) is 11.8. The number of aliphatic hydroxyl groups is 1. The van der Waals surface area contributed by atoms with Crippen molar-refractivity contribution in [2.45, 2.75) is 63.3 Å². The summed E-state index contributed by atoms with van der Waals surface area (Å²) in [5.41, 5.74) is -0.395. The number of rotatable bonds is 13. The minimum absolute atomic E-state index is 0.318. The van der Waals surface area contributed by atoms with Gasteiger partial charge in [-0.3, -0.25) is 14.5 Å². The van der Waals surface area contributed by atoms with Crippen LogP contribution in [0.15, 0.2) is 36.5 Å². The average Bonchev–Trinajstić information content (AvgIpc) is 3.64. The van der Waals surface area contributed by atoms with Gasteiger partial charge in [-0.05, 0) is 49.4 Å². The second-order valence-electron chi connectivity index (χ2n) is 10.2. The Morgan fingerprint density at radius 2 is 1.68 bits per heavy atom. The number of ether oxygens (including phenoxy) is 2. The van der Waals surface area contributed by atoms with Gasteiger partial charge in [0, 0.05) is 45.5 Å². The molecule has 0 radical (unpaired) electrons. The molecule has 224 valence electrons. The number of aliphatic carboxylic acids is 3. The third kappa shape index (κ3) is 10.3. The lowest BCUT2D eigenvalue weighted by molar-refractivity contribution is -0.170. The second-order valence-corrected chi connectivity index (χ2v) is 10.2. The number of nitrogens with zero attached hydrogens (tertiary/aromatic N) is 4. The highest BCUT2D eigenvalue weighted by Gasteiger charge is 2.40. The van der Waals surface area contributed by atoms with Crippen molar-refractivity contribution in [2.75, 3.05) is 38.3 Å². The first kappa shape index (κ1) is 31.7. The highest BCUT2D eigenvalue weighted by molar-refractivity contribution is 5.88. The maximum atomic E-state index is 10.3. The molecule has 1 aromatic carbocycles. The molecule has 1 aromatic heterocycles. The summed E-state index contributed by atoms with van der Waals surface area (Å²) in [5.74, 6) is -3.26. The predicted molar refractivity (Wildman–Crippen MR) is 147 cm³/mol. The molecule has 4 rings (SSSR count). The first-order chi connectivity index (χ1) is 19.6. The fraction of sp³-hybridized carbons (Fsp3) is 0.536. The molecule has 2 fully saturated rings. The Morgan fingerprint density at radius 3 is 2.22 bits per heavy atom. The number of carboxylic acid groups (broad SMARTS) is 3. The van der Waals surface area contributed by atoms with E-state index in [1.54, 1.807) is 7.11 Å². The summed E-state index contributed by atoms with van der Waals surface area (Å²) in [6.07, 6.45) is 4.69. The minimum atomic E-state index is -2.74. The lowest BCUT2D eigenvalue weighted by atomic mass is 9.96. The zero-order chi connectivity index (χ0) is 29.8. The van der Waals surface area contributed by atoms with Crippen LogP contribution in [0.25, 0.3) is 0 Å². The van der Waals surface area contributed by atoms with Crippen molar-refractivity contribution in [2.24, 2.45) is 0 Å². The van der Waals surface area contributed by atoms with Crippen molar-refractivity contribution in [1.82, 2.24) is 14.9 Å². The van der Waals surface area contributed by atoms with Crippen LogP contribution in [0.1, 0.15) is 49.8 Å². The van der Waals surface area contributed by atoms with Gasteiger partial charge in [0.2, 0.25) is 5.95 Å². The topological polar surface area (TPSA) is 183 Å². The van der Waals surface area contributed by atoms with E-state index in [-0.39, 0.29) is 0 Å². The summed E-state index contributed by atoms with van der Waals surface area (Å²) < 4.78 is 11.2. The van der Waals surface area contributed by atoms with E-state index in [2.05, 4.69) is 26.9 Å². The molecule has 0 amide bonds. The average molecular weight is 575 g/mol. The van der Waals surface area contributed by atoms with Crippen molar-refractivity contribution in [3.05, 3.63) is 47.8 Å². The highest BCUT2D eigenvalue weighted by atomic mass is 16.5. The number of aromatic nitrogens is 2. The quantitative estimate of drug-likeness (QED) is 0.273. The molecule has 3 heterocycles. The largest absolute Gasteiger partial charge is 0.497 e. The molecular formula is C28H38N4O9. The first-order valence-corrected chi connectivity index (χ1v) is 13.5. The smallest absolute Gasteiger partial charge is 0.336 e. The van der Waals surface area contributed by atoms with E-state index >= 15 is 0 Å². The summed E-state index contributed by atoms with van der Waals surface area (Å²) in [5, 5.41) is 33.8. The molecule has 41 heavy (non-hydrogen) atoms. The Morgan fingerprint density at radius 1 is 1.02 bits per heavy atom. The van der Waals surface area contributed by atoms with E-state index < -0.39 is 36.4 Å². The number of methoxy groups -OCH3 is 1. The SMILES string of the molecule is COc1ccc(CN(Cc2ccnc(N3CCCC3)n2)CC2CCCO2)cc1.O=C(O)CC(O)(CC(=O)O)C(=O)O. The van der Waals surface area contributed by atoms with Gasteiger partial charge >= 0.3 is 17.9 Å². The van der Waals surface area contributed by atoms with Crippen LogP contribution in [0.5, 0.6) is 5.75 Å². The molecule has 13 nitrogen and oxygen atoms in total. The molecule has 0 bridgehead atoms. The first-order valence-electron chi connectivity index (χ1n) is 13.5. The molecule has 4 N–H and O–H groups in total. The van der Waals surface area contributed by atoms with E-state index in [1.165, 1.54) is 18.4 Å². The monoisotopic (exact) mass is 574 g/mol. The van der Waals surface area contributed by atoms with Crippen molar-refractivity contribution >= 4 is 23.9 Å². The van der Waals surface area contributed by atoms with Crippen LogP contribution in [0, 0.1) is 0 Å². The Labute approximate surface area is 238 Å². The van der Waals surface area contributed by atoms with Crippen LogP contribution in [-0.2, 0) is 32.2 Å².